The van der Waals surface area contributed by atoms with Gasteiger partial charge in [-0.3, -0.25) is 0 Å². The van der Waals surface area contributed by atoms with E-state index in [9.17, 15) is 0 Å². The third kappa shape index (κ3) is 2.56. The fourth-order valence-corrected chi connectivity index (χ4v) is 2.06. The van der Waals surface area contributed by atoms with Gasteiger partial charge in [0.2, 0.25) is 0 Å². The maximum Gasteiger partial charge on any atom is 0.180 e. The molecule has 7 nitrogen and oxygen atoms in total. The lowest BCUT2D eigenvalue weighted by Crippen LogP contribution is -2.09. The third-order valence-electron chi connectivity index (χ3n) is 3.07. The zero-order chi connectivity index (χ0) is 13.8. The van der Waals surface area contributed by atoms with Gasteiger partial charge in [-0.05, 0) is 6.42 Å². The fourth-order valence-electron chi connectivity index (χ4n) is 2.06. The Hall–Kier alpha value is -2.57. The second-order valence-electron chi connectivity index (χ2n) is 4.46. The Kier molecular flexibility index (Phi) is 3.49. The fraction of sp³-hybridized carbons (Fsp3) is 0.308. The average molecular weight is 271 g/mol. The molecule has 0 radical (unpaired) electrons. The van der Waals surface area contributed by atoms with Crippen LogP contribution in [0.1, 0.15) is 6.42 Å². The summed E-state index contributed by atoms with van der Waals surface area (Å²) < 4.78 is 4.02. The van der Waals surface area contributed by atoms with E-state index in [0.29, 0.717) is 0 Å². The van der Waals surface area contributed by atoms with E-state index in [-0.39, 0.29) is 0 Å². The summed E-state index contributed by atoms with van der Waals surface area (Å²) in [6, 6.07) is 0. The molecule has 7 heteroatoms. The molecule has 0 saturated heterocycles. The number of fused-ring (bicyclic) bond motifs is 1. The minimum atomic E-state index is 0.799. The first kappa shape index (κ1) is 12.5. The molecule has 0 aliphatic carbocycles. The van der Waals surface area contributed by atoms with E-state index in [1.165, 1.54) is 0 Å². The number of nitrogens with one attached hydrogen (secondary N) is 2. The van der Waals surface area contributed by atoms with Gasteiger partial charge in [-0.25, -0.2) is 15.0 Å². The van der Waals surface area contributed by atoms with Crippen molar-refractivity contribution in [3.05, 3.63) is 37.3 Å². The molecule has 20 heavy (non-hydrogen) atoms. The monoisotopic (exact) mass is 271 g/mol. The zero-order valence-electron chi connectivity index (χ0n) is 11.3. The SMILES string of the molecule is CNc1cn2ccnc2c(NCCCn2ccnc2)n1. The van der Waals surface area contributed by atoms with Crippen molar-refractivity contribution in [2.75, 3.05) is 24.2 Å². The summed E-state index contributed by atoms with van der Waals surface area (Å²) in [5.41, 5.74) is 0.839. The summed E-state index contributed by atoms with van der Waals surface area (Å²) in [6.45, 7) is 1.77. The van der Waals surface area contributed by atoms with E-state index in [1.54, 1.807) is 12.4 Å². The molecule has 104 valence electrons. The molecule has 0 aromatic carbocycles. The van der Waals surface area contributed by atoms with Crippen molar-refractivity contribution < 1.29 is 0 Å². The van der Waals surface area contributed by atoms with Crippen LogP contribution in [0.5, 0.6) is 0 Å². The highest BCUT2D eigenvalue weighted by molar-refractivity contribution is 5.65. The topological polar surface area (TPSA) is 72.1 Å². The Balaban J connectivity index is 1.65. The van der Waals surface area contributed by atoms with E-state index in [0.717, 1.165) is 36.8 Å². The Morgan fingerprint density at radius 2 is 2.20 bits per heavy atom. The number of anilines is 2. The van der Waals surface area contributed by atoms with Crippen molar-refractivity contribution in [2.45, 2.75) is 13.0 Å². The van der Waals surface area contributed by atoms with Crippen molar-refractivity contribution >= 4 is 17.3 Å². The quantitative estimate of drug-likeness (QED) is 0.664. The summed E-state index contributed by atoms with van der Waals surface area (Å²) in [4.78, 5) is 12.8. The van der Waals surface area contributed by atoms with Crippen LogP contribution in [0.25, 0.3) is 5.65 Å². The smallest absolute Gasteiger partial charge is 0.180 e. The van der Waals surface area contributed by atoms with Gasteiger partial charge in [0.05, 0.1) is 12.5 Å². The Morgan fingerprint density at radius 3 is 3.00 bits per heavy atom. The standard InChI is InChI=1S/C13H17N7/c1-14-11-9-20-8-5-17-13(20)12(18-11)16-3-2-6-19-7-4-15-10-19/h4-5,7-10,14H,2-3,6H2,1H3,(H,16,18). The molecule has 0 aliphatic heterocycles. The van der Waals surface area contributed by atoms with Gasteiger partial charge in [-0.2, -0.15) is 0 Å². The van der Waals surface area contributed by atoms with Crippen LogP contribution in [0.4, 0.5) is 11.6 Å². The van der Waals surface area contributed by atoms with Crippen LogP contribution in [-0.2, 0) is 6.54 Å². The van der Waals surface area contributed by atoms with Gasteiger partial charge in [0, 0.05) is 44.9 Å². The molecular formula is C13H17N7. The first-order chi connectivity index (χ1) is 9.86. The van der Waals surface area contributed by atoms with Crippen LogP contribution in [0.3, 0.4) is 0 Å². The van der Waals surface area contributed by atoms with Gasteiger partial charge in [0.25, 0.3) is 0 Å². The molecule has 3 heterocycles. The number of rotatable bonds is 6. The Labute approximate surface area is 116 Å². The van der Waals surface area contributed by atoms with Crippen molar-refractivity contribution in [1.82, 2.24) is 23.9 Å². The molecule has 2 N–H and O–H groups in total. The number of hydrogen-bond donors (Lipinski definition) is 2. The van der Waals surface area contributed by atoms with Crippen LogP contribution < -0.4 is 10.6 Å². The Bertz CT molecular complexity index is 671. The van der Waals surface area contributed by atoms with E-state index in [1.807, 2.05) is 36.4 Å². The number of hydrogen-bond acceptors (Lipinski definition) is 5. The highest BCUT2D eigenvalue weighted by atomic mass is 15.1. The van der Waals surface area contributed by atoms with Crippen molar-refractivity contribution in [1.29, 1.82) is 0 Å². The molecule has 0 amide bonds. The molecule has 0 bridgehead atoms. The molecule has 0 atom stereocenters. The molecule has 0 aliphatic rings. The largest absolute Gasteiger partial charge is 0.372 e. The maximum atomic E-state index is 4.50. The van der Waals surface area contributed by atoms with Gasteiger partial charge in [0.15, 0.2) is 11.5 Å². The second kappa shape index (κ2) is 5.60. The number of imidazole rings is 2. The lowest BCUT2D eigenvalue weighted by atomic mass is 10.4. The molecule has 3 rings (SSSR count). The lowest BCUT2D eigenvalue weighted by Gasteiger charge is -2.09. The van der Waals surface area contributed by atoms with Crippen LogP contribution in [0, 0.1) is 0 Å². The predicted molar refractivity (Wildman–Crippen MR) is 77.9 cm³/mol. The molecular weight excluding hydrogens is 254 g/mol. The summed E-state index contributed by atoms with van der Waals surface area (Å²) in [5.74, 6) is 1.61. The molecule has 0 unspecified atom stereocenters. The number of aryl methyl sites for hydroxylation is 1. The highest BCUT2D eigenvalue weighted by Crippen LogP contribution is 2.15. The van der Waals surface area contributed by atoms with Crippen LogP contribution >= 0.6 is 0 Å². The molecule has 3 aromatic heterocycles. The molecule has 0 fully saturated rings. The predicted octanol–water partition coefficient (Wildman–Crippen LogP) is 1.47. The van der Waals surface area contributed by atoms with Gasteiger partial charge in [-0.15, -0.1) is 0 Å². The van der Waals surface area contributed by atoms with Gasteiger partial charge in [-0.1, -0.05) is 0 Å². The first-order valence-electron chi connectivity index (χ1n) is 6.58. The maximum absolute atomic E-state index is 4.50. The minimum Gasteiger partial charge on any atom is -0.372 e. The van der Waals surface area contributed by atoms with Gasteiger partial charge >= 0.3 is 0 Å². The van der Waals surface area contributed by atoms with E-state index in [2.05, 4.69) is 30.2 Å². The van der Waals surface area contributed by atoms with Crippen molar-refractivity contribution in [2.24, 2.45) is 0 Å². The van der Waals surface area contributed by atoms with Crippen LogP contribution in [0.15, 0.2) is 37.3 Å². The van der Waals surface area contributed by atoms with Gasteiger partial charge in [0.1, 0.15) is 5.82 Å². The van der Waals surface area contributed by atoms with Crippen LogP contribution in [-0.4, -0.2) is 37.5 Å². The summed E-state index contributed by atoms with van der Waals surface area (Å²) in [7, 11) is 1.86. The normalized spacial score (nSPS) is 10.8. The zero-order valence-corrected chi connectivity index (χ0v) is 11.3. The molecule has 0 saturated carbocycles. The lowest BCUT2D eigenvalue weighted by molar-refractivity contribution is 0.660. The third-order valence-corrected chi connectivity index (χ3v) is 3.07. The summed E-state index contributed by atoms with van der Waals surface area (Å²) in [5, 5.41) is 6.39. The number of aromatic nitrogens is 5. The van der Waals surface area contributed by atoms with Gasteiger partial charge < -0.3 is 19.6 Å². The van der Waals surface area contributed by atoms with E-state index < -0.39 is 0 Å². The molecule has 3 aromatic rings. The van der Waals surface area contributed by atoms with Crippen LogP contribution in [0.2, 0.25) is 0 Å². The average Bonchev–Trinajstić information content (AvgIpc) is 3.13. The van der Waals surface area contributed by atoms with E-state index >= 15 is 0 Å². The Morgan fingerprint density at radius 1 is 1.25 bits per heavy atom. The van der Waals surface area contributed by atoms with Crippen molar-refractivity contribution in [3.63, 3.8) is 0 Å². The first-order valence-corrected chi connectivity index (χ1v) is 6.58. The van der Waals surface area contributed by atoms with Crippen molar-refractivity contribution in [3.8, 4) is 0 Å². The second-order valence-corrected chi connectivity index (χ2v) is 4.46. The highest BCUT2D eigenvalue weighted by Gasteiger charge is 2.06. The number of nitrogens with zero attached hydrogens (tertiary/aromatic N) is 5. The summed E-state index contributed by atoms with van der Waals surface area (Å²) in [6.07, 6.45) is 12.2. The van der Waals surface area contributed by atoms with E-state index in [4.69, 9.17) is 0 Å². The minimum absolute atomic E-state index is 0.799. The summed E-state index contributed by atoms with van der Waals surface area (Å²) >= 11 is 0. The molecule has 0 spiro atoms.